The van der Waals surface area contributed by atoms with E-state index in [2.05, 4.69) is 6.92 Å². The Morgan fingerprint density at radius 2 is 1.52 bits per heavy atom. The molecule has 0 bridgehead atoms. The molecule has 33 heavy (non-hydrogen) atoms. The van der Waals surface area contributed by atoms with Crippen molar-refractivity contribution in [3.63, 3.8) is 0 Å². The third kappa shape index (κ3) is 4.95. The number of sulfonamides is 1. The van der Waals surface area contributed by atoms with Crippen molar-refractivity contribution in [2.45, 2.75) is 36.7 Å². The predicted octanol–water partition coefficient (Wildman–Crippen LogP) is 4.23. The summed E-state index contributed by atoms with van der Waals surface area (Å²) >= 11 is 1.72. The van der Waals surface area contributed by atoms with Crippen LogP contribution in [0.4, 0.5) is 0 Å². The summed E-state index contributed by atoms with van der Waals surface area (Å²) in [6.45, 7) is 2.90. The Kier molecular flexibility index (Phi) is 7.11. The third-order valence-electron chi connectivity index (χ3n) is 5.86. The van der Waals surface area contributed by atoms with E-state index >= 15 is 0 Å². The number of nitrogens with zero attached hydrogens (tertiary/aromatic N) is 3. The summed E-state index contributed by atoms with van der Waals surface area (Å²) in [6, 6.07) is 14.4. The van der Waals surface area contributed by atoms with Crippen LogP contribution in [-0.2, 0) is 10.0 Å². The molecule has 9 heteroatoms. The number of aliphatic imine (C=N–C) groups is 2. The molecule has 0 radical (unpaired) electrons. The molecule has 2 heterocycles. The lowest BCUT2D eigenvalue weighted by atomic mass is 10.00. The van der Waals surface area contributed by atoms with E-state index in [1.54, 1.807) is 50.2 Å². The number of ether oxygens (including phenoxy) is 2. The number of rotatable bonds is 7. The second kappa shape index (κ2) is 9.87. The highest BCUT2D eigenvalue weighted by molar-refractivity contribution is 8.15. The predicted molar refractivity (Wildman–Crippen MR) is 133 cm³/mol. The normalized spacial score (nSPS) is 18.2. The van der Waals surface area contributed by atoms with Gasteiger partial charge in [0.1, 0.15) is 16.5 Å². The van der Waals surface area contributed by atoms with Gasteiger partial charge >= 0.3 is 0 Å². The van der Waals surface area contributed by atoms with Crippen molar-refractivity contribution in [1.82, 2.24) is 4.31 Å². The molecule has 2 aromatic carbocycles. The first-order valence-electron chi connectivity index (χ1n) is 11.0. The van der Waals surface area contributed by atoms with Gasteiger partial charge in [-0.3, -0.25) is 4.99 Å². The number of methoxy groups -OCH3 is 2. The van der Waals surface area contributed by atoms with Crippen LogP contribution in [-0.4, -0.2) is 62.2 Å². The first-order chi connectivity index (χ1) is 15.9. The number of hydrogen-bond acceptors (Lipinski definition) is 7. The van der Waals surface area contributed by atoms with Gasteiger partial charge in [-0.05, 0) is 60.7 Å². The topological polar surface area (TPSA) is 80.6 Å². The maximum absolute atomic E-state index is 13.1. The molecule has 2 aliphatic rings. The molecule has 2 aliphatic heterocycles. The maximum atomic E-state index is 13.1. The summed E-state index contributed by atoms with van der Waals surface area (Å²) in [6.07, 6.45) is 2.15. The van der Waals surface area contributed by atoms with Crippen LogP contribution in [0.2, 0.25) is 0 Å². The fourth-order valence-corrected chi connectivity index (χ4v) is 6.34. The average Bonchev–Trinajstić information content (AvgIpc) is 3.20. The zero-order valence-corrected chi connectivity index (χ0v) is 20.8. The number of hydrogen-bond donors (Lipinski definition) is 0. The zero-order valence-electron chi connectivity index (χ0n) is 19.2. The molecule has 0 unspecified atom stereocenters. The van der Waals surface area contributed by atoms with Crippen molar-refractivity contribution < 1.29 is 17.9 Å². The SMILES string of the molecule is CCCSC1=NC2(CCN(S(=O)(=O)c3ccc(OC)cc3)CC2)N=C1c1ccc(OC)cc1. The molecule has 1 fully saturated rings. The van der Waals surface area contributed by atoms with Crippen LogP contribution in [0.1, 0.15) is 31.7 Å². The monoisotopic (exact) mass is 487 g/mol. The smallest absolute Gasteiger partial charge is 0.243 e. The fraction of sp³-hybridized carbons (Fsp3) is 0.417. The quantitative estimate of drug-likeness (QED) is 0.584. The molecule has 0 N–H and O–H groups in total. The van der Waals surface area contributed by atoms with Crippen molar-refractivity contribution in [1.29, 1.82) is 0 Å². The van der Waals surface area contributed by atoms with E-state index in [1.165, 1.54) is 4.31 Å². The summed E-state index contributed by atoms with van der Waals surface area (Å²) in [4.78, 5) is 10.4. The summed E-state index contributed by atoms with van der Waals surface area (Å²) in [5.74, 6) is 2.38. The van der Waals surface area contributed by atoms with E-state index in [4.69, 9.17) is 19.5 Å². The first-order valence-corrected chi connectivity index (χ1v) is 13.4. The highest BCUT2D eigenvalue weighted by atomic mass is 32.2. The van der Waals surface area contributed by atoms with Crippen molar-refractivity contribution in [2.24, 2.45) is 9.98 Å². The molecule has 1 spiro atoms. The molecular weight excluding hydrogens is 458 g/mol. The Hall–Kier alpha value is -2.36. The molecule has 176 valence electrons. The molecule has 2 aromatic rings. The van der Waals surface area contributed by atoms with Crippen LogP contribution in [0.15, 0.2) is 63.4 Å². The average molecular weight is 488 g/mol. The van der Waals surface area contributed by atoms with Crippen molar-refractivity contribution in [2.75, 3.05) is 33.1 Å². The molecule has 0 aromatic heterocycles. The molecule has 1 saturated heterocycles. The van der Waals surface area contributed by atoms with Crippen LogP contribution in [0.3, 0.4) is 0 Å². The summed E-state index contributed by atoms with van der Waals surface area (Å²) in [5.41, 5.74) is 1.29. The Morgan fingerprint density at radius 1 is 0.939 bits per heavy atom. The van der Waals surface area contributed by atoms with Gasteiger partial charge in [-0.2, -0.15) is 4.31 Å². The maximum Gasteiger partial charge on any atom is 0.243 e. The molecule has 0 aliphatic carbocycles. The van der Waals surface area contributed by atoms with E-state index in [0.717, 1.165) is 34.2 Å². The fourth-order valence-electron chi connectivity index (χ4n) is 3.96. The summed E-state index contributed by atoms with van der Waals surface area (Å²) < 4.78 is 38.2. The van der Waals surface area contributed by atoms with E-state index in [0.29, 0.717) is 31.7 Å². The highest BCUT2D eigenvalue weighted by Gasteiger charge is 2.42. The minimum Gasteiger partial charge on any atom is -0.497 e. The van der Waals surface area contributed by atoms with Gasteiger partial charge in [0, 0.05) is 31.5 Å². The van der Waals surface area contributed by atoms with Gasteiger partial charge in [-0.1, -0.05) is 6.92 Å². The standard InChI is InChI=1S/C24H29N3O4S2/c1-4-17-32-23-22(18-5-7-19(30-2)8-6-18)25-24(26-23)13-15-27(16-14-24)33(28,29)21-11-9-20(31-3)10-12-21/h5-12H,4,13-17H2,1-3H3. The zero-order chi connectivity index (χ0) is 23.5. The Labute approximate surface area is 200 Å². The summed E-state index contributed by atoms with van der Waals surface area (Å²) in [7, 11) is -0.366. The van der Waals surface area contributed by atoms with Crippen LogP contribution in [0.25, 0.3) is 0 Å². The van der Waals surface area contributed by atoms with Gasteiger partial charge in [0.15, 0.2) is 5.66 Å². The second-order valence-corrected chi connectivity index (χ2v) is 11.0. The van der Waals surface area contributed by atoms with Gasteiger partial charge in [0.25, 0.3) is 0 Å². The van der Waals surface area contributed by atoms with Crippen molar-refractivity contribution >= 4 is 32.5 Å². The van der Waals surface area contributed by atoms with Gasteiger partial charge in [0.05, 0.1) is 24.8 Å². The van der Waals surface area contributed by atoms with Crippen LogP contribution in [0, 0.1) is 0 Å². The lowest BCUT2D eigenvalue weighted by Gasteiger charge is -2.34. The van der Waals surface area contributed by atoms with Crippen LogP contribution >= 0.6 is 11.8 Å². The number of benzene rings is 2. The van der Waals surface area contributed by atoms with Gasteiger partial charge in [0.2, 0.25) is 10.0 Å². The van der Waals surface area contributed by atoms with E-state index in [1.807, 2.05) is 24.3 Å². The van der Waals surface area contributed by atoms with Gasteiger partial charge in [-0.15, -0.1) is 11.8 Å². The summed E-state index contributed by atoms with van der Waals surface area (Å²) in [5, 5.41) is 0.938. The Morgan fingerprint density at radius 3 is 2.06 bits per heavy atom. The number of thioether (sulfide) groups is 1. The molecule has 4 rings (SSSR count). The lowest BCUT2D eigenvalue weighted by molar-refractivity contribution is 0.249. The van der Waals surface area contributed by atoms with Crippen LogP contribution in [0.5, 0.6) is 11.5 Å². The van der Waals surface area contributed by atoms with Gasteiger partial charge in [-0.25, -0.2) is 13.4 Å². The second-order valence-electron chi connectivity index (χ2n) is 8.02. The minimum absolute atomic E-state index is 0.274. The Bertz CT molecular complexity index is 1140. The highest BCUT2D eigenvalue weighted by Crippen LogP contribution is 2.37. The van der Waals surface area contributed by atoms with Gasteiger partial charge < -0.3 is 9.47 Å². The van der Waals surface area contributed by atoms with E-state index in [-0.39, 0.29) is 4.90 Å². The molecule has 0 amide bonds. The Balaban J connectivity index is 1.55. The number of piperidine rings is 1. The van der Waals surface area contributed by atoms with Crippen molar-refractivity contribution in [3.05, 3.63) is 54.1 Å². The molecule has 0 saturated carbocycles. The first kappa shape index (κ1) is 23.8. The van der Waals surface area contributed by atoms with E-state index < -0.39 is 15.7 Å². The molecule has 7 nitrogen and oxygen atoms in total. The van der Waals surface area contributed by atoms with Crippen molar-refractivity contribution in [3.8, 4) is 11.5 Å². The molecular formula is C24H29N3O4S2. The third-order valence-corrected chi connectivity index (χ3v) is 8.94. The lowest BCUT2D eigenvalue weighted by Crippen LogP contribution is -2.44. The van der Waals surface area contributed by atoms with E-state index in [9.17, 15) is 8.42 Å². The van der Waals surface area contributed by atoms with Crippen LogP contribution < -0.4 is 9.47 Å². The minimum atomic E-state index is -3.57. The largest absolute Gasteiger partial charge is 0.497 e. The molecule has 0 atom stereocenters.